The first-order chi connectivity index (χ1) is 11.3. The van der Waals surface area contributed by atoms with Crippen molar-refractivity contribution in [2.75, 3.05) is 0 Å². The first-order valence-corrected chi connectivity index (χ1v) is 8.81. The van der Waals surface area contributed by atoms with Crippen LogP contribution in [0.3, 0.4) is 0 Å². The van der Waals surface area contributed by atoms with Gasteiger partial charge < -0.3 is 21.7 Å². The summed E-state index contributed by atoms with van der Waals surface area (Å²) in [5.41, 5.74) is 11.6. The van der Waals surface area contributed by atoms with E-state index in [9.17, 15) is 15.0 Å². The number of hydrogen-bond acceptors (Lipinski definition) is 4. The van der Waals surface area contributed by atoms with Crippen molar-refractivity contribution in [2.24, 2.45) is 23.3 Å². The lowest BCUT2D eigenvalue weighted by atomic mass is 9.70. The summed E-state index contributed by atoms with van der Waals surface area (Å²) in [5.74, 6) is -0.774. The van der Waals surface area contributed by atoms with Gasteiger partial charge in [0, 0.05) is 6.04 Å². The van der Waals surface area contributed by atoms with Crippen LogP contribution in [0.15, 0.2) is 30.3 Å². The number of hydrogen-bond donors (Lipinski definition) is 4. The number of benzene rings is 1. The lowest BCUT2D eigenvalue weighted by molar-refractivity contribution is -0.138. The monoisotopic (exact) mass is 334 g/mol. The summed E-state index contributed by atoms with van der Waals surface area (Å²) in [5, 5.41) is 21.3. The predicted octanol–water partition coefficient (Wildman–Crippen LogP) is 1.35. The Balaban J connectivity index is 2.00. The van der Waals surface area contributed by atoms with E-state index in [-0.39, 0.29) is 6.42 Å². The van der Waals surface area contributed by atoms with E-state index in [1.807, 2.05) is 30.3 Å². The zero-order chi connectivity index (χ0) is 17.7. The lowest BCUT2D eigenvalue weighted by Crippen LogP contribution is -2.50. The zero-order valence-electron chi connectivity index (χ0n) is 14.4. The molecule has 3 atom stereocenters. The molecule has 0 radical (unpaired) electrons. The van der Waals surface area contributed by atoms with Gasteiger partial charge in [-0.2, -0.15) is 0 Å². The van der Waals surface area contributed by atoms with Gasteiger partial charge >= 0.3 is 0 Å². The topological polar surface area (TPSA) is 110 Å². The molecule has 0 heterocycles. The third-order valence-corrected chi connectivity index (χ3v) is 5.42. The first kappa shape index (κ1) is 18.9. The van der Waals surface area contributed by atoms with E-state index in [1.165, 1.54) is 0 Å². The minimum absolute atomic E-state index is 0.105. The largest absolute Gasteiger partial charge is 0.391 e. The lowest BCUT2D eigenvalue weighted by Gasteiger charge is -2.40. The van der Waals surface area contributed by atoms with E-state index >= 15 is 0 Å². The molecule has 0 unspecified atom stereocenters. The van der Waals surface area contributed by atoms with Crippen LogP contribution in [0, 0.1) is 11.8 Å². The Bertz CT molecular complexity index is 527. The predicted molar refractivity (Wildman–Crippen MR) is 94.0 cm³/mol. The summed E-state index contributed by atoms with van der Waals surface area (Å²) in [4.78, 5) is 11.9. The van der Waals surface area contributed by atoms with Crippen molar-refractivity contribution in [3.8, 4) is 0 Å². The molecule has 2 rings (SSSR count). The first-order valence-electron chi connectivity index (χ1n) is 8.81. The zero-order valence-corrected chi connectivity index (χ0v) is 14.4. The van der Waals surface area contributed by atoms with Gasteiger partial charge in [-0.25, -0.2) is 0 Å². The van der Waals surface area contributed by atoms with E-state index < -0.39 is 29.6 Å². The number of carbonyl (C=O) groups is 1. The van der Waals surface area contributed by atoms with Crippen LogP contribution in [0.2, 0.25) is 0 Å². The van der Waals surface area contributed by atoms with Gasteiger partial charge in [0.1, 0.15) is 0 Å². The number of primary amides is 1. The van der Waals surface area contributed by atoms with Crippen LogP contribution in [0.5, 0.6) is 0 Å². The molecule has 1 amide bonds. The Kier molecular flexibility index (Phi) is 6.38. The Morgan fingerprint density at radius 3 is 2.42 bits per heavy atom. The Hall–Kier alpha value is -1.43. The molecule has 1 fully saturated rings. The summed E-state index contributed by atoms with van der Waals surface area (Å²) in [6, 6.07) is 9.18. The highest BCUT2D eigenvalue weighted by atomic mass is 16.3. The molecule has 5 nitrogen and oxygen atoms in total. The van der Waals surface area contributed by atoms with Crippen molar-refractivity contribution >= 4 is 5.91 Å². The molecule has 1 aromatic rings. The molecule has 134 valence electrons. The molecule has 0 aromatic heterocycles. The van der Waals surface area contributed by atoms with Gasteiger partial charge in [-0.15, -0.1) is 0 Å². The highest BCUT2D eigenvalue weighted by Crippen LogP contribution is 2.39. The molecule has 1 saturated carbocycles. The van der Waals surface area contributed by atoms with Gasteiger partial charge in [-0.05, 0) is 50.0 Å². The minimum Gasteiger partial charge on any atom is -0.391 e. The number of rotatable bonds is 7. The van der Waals surface area contributed by atoms with E-state index in [2.05, 4.69) is 6.92 Å². The molecule has 0 saturated heterocycles. The van der Waals surface area contributed by atoms with Crippen LogP contribution in [-0.4, -0.2) is 33.9 Å². The fourth-order valence-corrected chi connectivity index (χ4v) is 3.65. The number of carbonyl (C=O) groups excluding carboxylic acids is 1. The van der Waals surface area contributed by atoms with E-state index in [0.717, 1.165) is 18.4 Å². The van der Waals surface area contributed by atoms with Crippen LogP contribution >= 0.6 is 0 Å². The quantitative estimate of drug-likeness (QED) is 0.603. The molecule has 24 heavy (non-hydrogen) atoms. The van der Waals surface area contributed by atoms with Crippen LogP contribution in [0.1, 0.15) is 44.6 Å². The second kappa shape index (κ2) is 8.10. The van der Waals surface area contributed by atoms with Gasteiger partial charge in [0.2, 0.25) is 5.91 Å². The molecular formula is C19H30N2O3. The summed E-state index contributed by atoms with van der Waals surface area (Å²) in [6.45, 7) is 2.14. The molecule has 1 aliphatic rings. The van der Waals surface area contributed by atoms with Gasteiger partial charge in [-0.3, -0.25) is 4.79 Å². The minimum atomic E-state index is -1.12. The van der Waals surface area contributed by atoms with Crippen molar-refractivity contribution in [2.45, 2.75) is 63.2 Å². The van der Waals surface area contributed by atoms with Crippen LogP contribution in [0.25, 0.3) is 0 Å². The Morgan fingerprint density at radius 1 is 1.29 bits per heavy atom. The fourth-order valence-electron chi connectivity index (χ4n) is 3.65. The van der Waals surface area contributed by atoms with E-state index in [4.69, 9.17) is 11.5 Å². The van der Waals surface area contributed by atoms with E-state index in [1.54, 1.807) is 0 Å². The normalized spacial score (nSPS) is 28.1. The van der Waals surface area contributed by atoms with Crippen molar-refractivity contribution in [1.82, 2.24) is 0 Å². The van der Waals surface area contributed by atoms with Crippen molar-refractivity contribution < 1.29 is 15.0 Å². The summed E-state index contributed by atoms with van der Waals surface area (Å²) in [7, 11) is 0. The van der Waals surface area contributed by atoms with Gasteiger partial charge in [0.15, 0.2) is 0 Å². The number of aliphatic hydroxyl groups excluding tert-OH is 1. The number of aliphatic hydroxyl groups is 2. The van der Waals surface area contributed by atoms with Crippen LogP contribution < -0.4 is 11.5 Å². The average molecular weight is 334 g/mol. The van der Waals surface area contributed by atoms with Crippen molar-refractivity contribution in [3.63, 3.8) is 0 Å². The standard InChI is InChI=1S/C19H30N2O3/c1-13-7-9-19(24,10-8-13)15(18(21)23)12-17(22)16(20)11-14-5-3-2-4-6-14/h2-6,13,15-17,22,24H,7-12,20H2,1H3,(H2,21,23)/t13?,15-,16+,17+,19?/m1/s1. The summed E-state index contributed by atoms with van der Waals surface area (Å²) >= 11 is 0. The summed E-state index contributed by atoms with van der Waals surface area (Å²) in [6.07, 6.45) is 2.56. The molecule has 1 aromatic carbocycles. The van der Waals surface area contributed by atoms with Gasteiger partial charge in [-0.1, -0.05) is 37.3 Å². The second-order valence-corrected chi connectivity index (χ2v) is 7.40. The maximum absolute atomic E-state index is 11.9. The molecule has 1 aliphatic carbocycles. The number of nitrogens with two attached hydrogens (primary N) is 2. The van der Waals surface area contributed by atoms with E-state index in [0.29, 0.717) is 25.2 Å². The molecule has 5 heteroatoms. The summed E-state index contributed by atoms with van der Waals surface area (Å²) < 4.78 is 0. The Labute approximate surface area is 144 Å². The molecule has 0 bridgehead atoms. The molecule has 0 aliphatic heterocycles. The third kappa shape index (κ3) is 4.79. The average Bonchev–Trinajstić information content (AvgIpc) is 2.56. The van der Waals surface area contributed by atoms with Crippen LogP contribution in [0.4, 0.5) is 0 Å². The highest BCUT2D eigenvalue weighted by molar-refractivity contribution is 5.78. The third-order valence-electron chi connectivity index (χ3n) is 5.42. The molecule has 0 spiro atoms. The van der Waals surface area contributed by atoms with Gasteiger partial charge in [0.05, 0.1) is 17.6 Å². The SMILES string of the molecule is CC1CCC(O)([C@H](C[C@H](O)[C@@H](N)Cc2ccccc2)C(N)=O)CC1. The fraction of sp³-hybridized carbons (Fsp3) is 0.632. The van der Waals surface area contributed by atoms with Crippen LogP contribution in [-0.2, 0) is 11.2 Å². The highest BCUT2D eigenvalue weighted by Gasteiger charge is 2.43. The maximum Gasteiger partial charge on any atom is 0.223 e. The maximum atomic E-state index is 11.9. The van der Waals surface area contributed by atoms with Crippen molar-refractivity contribution in [1.29, 1.82) is 0 Å². The van der Waals surface area contributed by atoms with Gasteiger partial charge in [0.25, 0.3) is 0 Å². The second-order valence-electron chi connectivity index (χ2n) is 7.40. The molecular weight excluding hydrogens is 304 g/mol. The van der Waals surface area contributed by atoms with Crippen molar-refractivity contribution in [3.05, 3.63) is 35.9 Å². The smallest absolute Gasteiger partial charge is 0.223 e. The molecule has 6 N–H and O–H groups in total. The Morgan fingerprint density at radius 2 is 1.88 bits per heavy atom. The number of amides is 1.